The summed E-state index contributed by atoms with van der Waals surface area (Å²) in [6.07, 6.45) is 0.577. The molecule has 2 rings (SSSR count). The quantitative estimate of drug-likeness (QED) is 0.837. The summed E-state index contributed by atoms with van der Waals surface area (Å²) in [7, 11) is 0. The average Bonchev–Trinajstić information content (AvgIpc) is 2.26. The van der Waals surface area contributed by atoms with Gasteiger partial charge in [0, 0.05) is 11.4 Å². The van der Waals surface area contributed by atoms with Gasteiger partial charge in [-0.15, -0.1) is 0 Å². The van der Waals surface area contributed by atoms with Crippen molar-refractivity contribution in [1.82, 2.24) is 9.97 Å². The number of rotatable bonds is 2. The molecule has 1 aromatic carbocycles. The molecule has 2 aromatic rings. The zero-order chi connectivity index (χ0) is 12.4. The lowest BCUT2D eigenvalue weighted by Crippen LogP contribution is -2.16. The van der Waals surface area contributed by atoms with E-state index in [1.165, 1.54) is 0 Å². The Balaban J connectivity index is 2.34. The minimum absolute atomic E-state index is 0.0878. The third-order valence-corrected chi connectivity index (χ3v) is 3.84. The molecule has 0 aliphatic heterocycles. The van der Waals surface area contributed by atoms with Crippen LogP contribution in [-0.4, -0.2) is 9.97 Å². The SMILES string of the molecule is Cc1nc(Cc2cccc(Cl)c2)[nH]c(=O)c1I. The highest BCUT2D eigenvalue weighted by molar-refractivity contribution is 14.1. The smallest absolute Gasteiger partial charge is 0.264 e. The van der Waals surface area contributed by atoms with E-state index in [2.05, 4.69) is 9.97 Å². The number of nitrogens with zero attached hydrogens (tertiary/aromatic N) is 1. The fourth-order valence-electron chi connectivity index (χ4n) is 1.55. The Morgan fingerprint density at radius 2 is 2.24 bits per heavy atom. The molecule has 88 valence electrons. The standard InChI is InChI=1S/C12H10ClIN2O/c1-7-11(14)12(17)16-10(15-7)6-8-3-2-4-9(13)5-8/h2-5H,6H2,1H3,(H,15,16,17). The molecule has 0 spiro atoms. The molecule has 1 aromatic heterocycles. The number of aromatic amines is 1. The maximum atomic E-state index is 11.6. The van der Waals surface area contributed by atoms with Crippen molar-refractivity contribution in [3.05, 3.63) is 60.3 Å². The molecule has 0 atom stereocenters. The van der Waals surface area contributed by atoms with Crippen LogP contribution in [0.2, 0.25) is 5.02 Å². The topological polar surface area (TPSA) is 45.8 Å². The van der Waals surface area contributed by atoms with Gasteiger partial charge in [0.1, 0.15) is 5.82 Å². The molecule has 5 heteroatoms. The van der Waals surface area contributed by atoms with Crippen molar-refractivity contribution in [1.29, 1.82) is 0 Å². The molecular weight excluding hydrogens is 351 g/mol. The van der Waals surface area contributed by atoms with E-state index in [4.69, 9.17) is 11.6 Å². The van der Waals surface area contributed by atoms with Gasteiger partial charge in [-0.2, -0.15) is 0 Å². The molecule has 0 unspecified atom stereocenters. The Hall–Kier alpha value is -0.880. The predicted molar refractivity (Wildman–Crippen MR) is 76.6 cm³/mol. The van der Waals surface area contributed by atoms with Gasteiger partial charge in [-0.25, -0.2) is 4.98 Å². The van der Waals surface area contributed by atoms with E-state index in [1.54, 1.807) is 0 Å². The van der Waals surface area contributed by atoms with Crippen molar-refractivity contribution in [2.75, 3.05) is 0 Å². The second-order valence-corrected chi connectivity index (χ2v) is 5.23. The number of aryl methyl sites for hydroxylation is 1. The fourth-order valence-corrected chi connectivity index (χ4v) is 2.02. The Morgan fingerprint density at radius 3 is 2.88 bits per heavy atom. The highest BCUT2D eigenvalue weighted by Crippen LogP contribution is 2.13. The van der Waals surface area contributed by atoms with E-state index in [-0.39, 0.29) is 5.56 Å². The zero-order valence-corrected chi connectivity index (χ0v) is 12.0. The predicted octanol–water partition coefficient (Wildman–Crippen LogP) is 2.93. The Morgan fingerprint density at radius 1 is 1.47 bits per heavy atom. The first-order chi connectivity index (χ1) is 8.06. The average molecular weight is 361 g/mol. The lowest BCUT2D eigenvalue weighted by atomic mass is 10.1. The summed E-state index contributed by atoms with van der Waals surface area (Å²) in [5.41, 5.74) is 1.70. The van der Waals surface area contributed by atoms with Crippen molar-refractivity contribution >= 4 is 34.2 Å². The normalized spacial score (nSPS) is 10.5. The van der Waals surface area contributed by atoms with Crippen molar-refractivity contribution < 1.29 is 0 Å². The highest BCUT2D eigenvalue weighted by Gasteiger charge is 2.05. The maximum Gasteiger partial charge on any atom is 0.264 e. The van der Waals surface area contributed by atoms with Gasteiger partial charge in [0.05, 0.1) is 9.26 Å². The van der Waals surface area contributed by atoms with Crippen LogP contribution in [0.15, 0.2) is 29.1 Å². The Kier molecular flexibility index (Phi) is 3.83. The number of H-pyrrole nitrogens is 1. The van der Waals surface area contributed by atoms with Crippen LogP contribution in [-0.2, 0) is 6.42 Å². The van der Waals surface area contributed by atoms with E-state index in [0.29, 0.717) is 20.8 Å². The van der Waals surface area contributed by atoms with Crippen molar-refractivity contribution in [3.63, 3.8) is 0 Å². The molecule has 0 aliphatic rings. The van der Waals surface area contributed by atoms with Crippen LogP contribution < -0.4 is 5.56 Å². The third-order valence-electron chi connectivity index (χ3n) is 2.34. The van der Waals surface area contributed by atoms with E-state index in [1.807, 2.05) is 53.8 Å². The van der Waals surface area contributed by atoms with Gasteiger partial charge >= 0.3 is 0 Å². The second-order valence-electron chi connectivity index (χ2n) is 3.72. The first kappa shape index (κ1) is 12.6. The van der Waals surface area contributed by atoms with Crippen LogP contribution in [0.25, 0.3) is 0 Å². The van der Waals surface area contributed by atoms with Crippen molar-refractivity contribution in [3.8, 4) is 0 Å². The Bertz CT molecular complexity index is 610. The third kappa shape index (κ3) is 3.07. The lowest BCUT2D eigenvalue weighted by molar-refractivity contribution is 0.910. The van der Waals surface area contributed by atoms with Gasteiger partial charge < -0.3 is 4.98 Å². The van der Waals surface area contributed by atoms with Crippen LogP contribution in [0.3, 0.4) is 0 Å². The lowest BCUT2D eigenvalue weighted by Gasteiger charge is -2.04. The molecule has 0 saturated heterocycles. The molecule has 0 amide bonds. The molecular formula is C12H10ClIN2O. The number of benzene rings is 1. The monoisotopic (exact) mass is 360 g/mol. The fraction of sp³-hybridized carbons (Fsp3) is 0.167. The number of hydrogen-bond donors (Lipinski definition) is 1. The minimum Gasteiger partial charge on any atom is -0.309 e. The van der Waals surface area contributed by atoms with Gasteiger partial charge in [-0.1, -0.05) is 23.7 Å². The molecule has 17 heavy (non-hydrogen) atoms. The summed E-state index contributed by atoms with van der Waals surface area (Å²) < 4.78 is 0.637. The van der Waals surface area contributed by atoms with Crippen LogP contribution in [0.5, 0.6) is 0 Å². The summed E-state index contributed by atoms with van der Waals surface area (Å²) in [5, 5.41) is 0.687. The van der Waals surface area contributed by atoms with Crippen molar-refractivity contribution in [2.45, 2.75) is 13.3 Å². The molecule has 1 heterocycles. The molecule has 0 aliphatic carbocycles. The summed E-state index contributed by atoms with van der Waals surface area (Å²) in [6.45, 7) is 1.83. The van der Waals surface area contributed by atoms with Crippen molar-refractivity contribution in [2.24, 2.45) is 0 Å². The van der Waals surface area contributed by atoms with Gasteiger partial charge in [0.2, 0.25) is 0 Å². The summed E-state index contributed by atoms with van der Waals surface area (Å²) in [5.74, 6) is 0.662. The molecule has 0 radical (unpaired) electrons. The first-order valence-electron chi connectivity index (χ1n) is 5.06. The first-order valence-corrected chi connectivity index (χ1v) is 6.51. The van der Waals surface area contributed by atoms with E-state index >= 15 is 0 Å². The molecule has 0 fully saturated rings. The number of nitrogens with one attached hydrogen (secondary N) is 1. The van der Waals surface area contributed by atoms with Gasteiger partial charge in [0.15, 0.2) is 0 Å². The molecule has 0 bridgehead atoms. The highest BCUT2D eigenvalue weighted by atomic mass is 127. The number of halogens is 2. The molecule has 3 nitrogen and oxygen atoms in total. The van der Waals surface area contributed by atoms with E-state index < -0.39 is 0 Å². The second kappa shape index (κ2) is 5.18. The van der Waals surface area contributed by atoms with E-state index in [0.717, 1.165) is 11.3 Å². The number of aromatic nitrogens is 2. The largest absolute Gasteiger partial charge is 0.309 e. The number of hydrogen-bond acceptors (Lipinski definition) is 2. The van der Waals surface area contributed by atoms with Crippen LogP contribution in [0.4, 0.5) is 0 Å². The zero-order valence-electron chi connectivity index (χ0n) is 9.13. The maximum absolute atomic E-state index is 11.6. The summed E-state index contributed by atoms with van der Waals surface area (Å²) in [6, 6.07) is 7.53. The minimum atomic E-state index is -0.0878. The van der Waals surface area contributed by atoms with Crippen LogP contribution >= 0.6 is 34.2 Å². The summed E-state index contributed by atoms with van der Waals surface area (Å²) in [4.78, 5) is 18.7. The summed E-state index contributed by atoms with van der Waals surface area (Å²) >= 11 is 7.90. The van der Waals surface area contributed by atoms with Crippen LogP contribution in [0, 0.1) is 10.5 Å². The van der Waals surface area contributed by atoms with Gasteiger partial charge in [0.25, 0.3) is 5.56 Å². The van der Waals surface area contributed by atoms with E-state index in [9.17, 15) is 4.79 Å². The molecule has 1 N–H and O–H groups in total. The Labute approximate surface area is 117 Å². The molecule has 0 saturated carbocycles. The van der Waals surface area contributed by atoms with Gasteiger partial charge in [-0.05, 0) is 47.2 Å². The van der Waals surface area contributed by atoms with Crippen LogP contribution in [0.1, 0.15) is 17.1 Å². The van der Waals surface area contributed by atoms with Gasteiger partial charge in [-0.3, -0.25) is 4.79 Å².